The second kappa shape index (κ2) is 6.84. The van der Waals surface area contributed by atoms with Crippen molar-refractivity contribution in [3.05, 3.63) is 54.1 Å². The van der Waals surface area contributed by atoms with E-state index in [1.807, 2.05) is 30.3 Å². The summed E-state index contributed by atoms with van der Waals surface area (Å²) < 4.78 is 0. The fourth-order valence-electron chi connectivity index (χ4n) is 3.02. The van der Waals surface area contributed by atoms with Crippen LogP contribution in [0.3, 0.4) is 0 Å². The van der Waals surface area contributed by atoms with E-state index >= 15 is 0 Å². The molecule has 5 nitrogen and oxygen atoms in total. The highest BCUT2D eigenvalue weighted by atomic mass is 16.3. The average Bonchev–Trinajstić information content (AvgIpc) is 2.86. The summed E-state index contributed by atoms with van der Waals surface area (Å²) in [5, 5.41) is 9.19. The maximum Gasteiger partial charge on any atom is 0.304 e. The molecule has 1 amide bonds. The molecule has 0 radical (unpaired) electrons. The van der Waals surface area contributed by atoms with Crippen LogP contribution in [-0.2, 0) is 4.79 Å². The lowest BCUT2D eigenvalue weighted by atomic mass is 10.1. The molecule has 1 aliphatic heterocycles. The molecular formula is C19H20N2O3. The van der Waals surface area contributed by atoms with E-state index in [1.54, 1.807) is 18.2 Å². The van der Waals surface area contributed by atoms with Crippen molar-refractivity contribution in [2.45, 2.75) is 13.3 Å². The normalized spacial score (nSPS) is 13.3. The van der Waals surface area contributed by atoms with Crippen LogP contribution in [-0.4, -0.2) is 36.5 Å². The molecule has 24 heavy (non-hydrogen) atoms. The molecule has 1 N–H and O–H groups in total. The fraction of sp³-hybridized carbons (Fsp3) is 0.263. The standard InChI is InChI=1S/C19H20N2O3/c1-2-11-20(12-13-22)14-7-9-15(10-8-14)21-17-6-4-3-5-16(17)18(23)19(21)24/h3-10,22H,2,11-13H2,1H3. The van der Waals surface area contributed by atoms with Crippen LogP contribution in [0.15, 0.2) is 48.5 Å². The number of ketones is 1. The lowest BCUT2D eigenvalue weighted by Gasteiger charge is -2.24. The van der Waals surface area contributed by atoms with Crippen LogP contribution in [0, 0.1) is 0 Å². The number of aliphatic hydroxyl groups excluding tert-OH is 1. The Morgan fingerprint density at radius 1 is 1.00 bits per heavy atom. The Hall–Kier alpha value is -2.66. The summed E-state index contributed by atoms with van der Waals surface area (Å²) in [5.41, 5.74) is 2.73. The third-order valence-corrected chi connectivity index (χ3v) is 4.12. The van der Waals surface area contributed by atoms with Gasteiger partial charge in [-0.25, -0.2) is 0 Å². The summed E-state index contributed by atoms with van der Waals surface area (Å²) in [5.74, 6) is -0.993. The number of carbonyl (C=O) groups excluding carboxylic acids is 2. The minimum absolute atomic E-state index is 0.0915. The molecule has 1 heterocycles. The Balaban J connectivity index is 1.91. The van der Waals surface area contributed by atoms with Gasteiger partial charge in [-0.2, -0.15) is 0 Å². The maximum atomic E-state index is 12.3. The van der Waals surface area contributed by atoms with Gasteiger partial charge in [-0.15, -0.1) is 0 Å². The number of hydrogen-bond donors (Lipinski definition) is 1. The van der Waals surface area contributed by atoms with Gasteiger partial charge in [0.25, 0.3) is 5.78 Å². The van der Waals surface area contributed by atoms with Crippen molar-refractivity contribution < 1.29 is 14.7 Å². The zero-order valence-corrected chi connectivity index (χ0v) is 13.6. The van der Waals surface area contributed by atoms with Gasteiger partial charge in [-0.1, -0.05) is 19.1 Å². The smallest absolute Gasteiger partial charge is 0.304 e. The third-order valence-electron chi connectivity index (χ3n) is 4.12. The molecular weight excluding hydrogens is 304 g/mol. The first-order chi connectivity index (χ1) is 11.7. The zero-order valence-electron chi connectivity index (χ0n) is 13.6. The third kappa shape index (κ3) is 2.78. The Bertz CT molecular complexity index is 749. The van der Waals surface area contributed by atoms with Crippen molar-refractivity contribution in [1.29, 1.82) is 0 Å². The Morgan fingerprint density at radius 2 is 1.71 bits per heavy atom. The fourth-order valence-corrected chi connectivity index (χ4v) is 3.02. The summed E-state index contributed by atoms with van der Waals surface area (Å²) >= 11 is 0. The van der Waals surface area contributed by atoms with Crippen LogP contribution < -0.4 is 9.80 Å². The molecule has 0 spiro atoms. The number of fused-ring (bicyclic) bond motifs is 1. The number of hydrogen-bond acceptors (Lipinski definition) is 4. The topological polar surface area (TPSA) is 60.9 Å². The van der Waals surface area contributed by atoms with Gasteiger partial charge in [-0.3, -0.25) is 14.5 Å². The molecule has 5 heteroatoms. The van der Waals surface area contributed by atoms with Crippen LogP contribution in [0.1, 0.15) is 23.7 Å². The van der Waals surface area contributed by atoms with Gasteiger partial charge in [0.05, 0.1) is 17.9 Å². The van der Waals surface area contributed by atoms with Gasteiger partial charge in [0, 0.05) is 24.5 Å². The highest BCUT2D eigenvalue weighted by Gasteiger charge is 2.36. The number of carbonyl (C=O) groups is 2. The SMILES string of the molecule is CCCN(CCO)c1ccc(N2C(=O)C(=O)c3ccccc32)cc1. The number of nitrogens with zero attached hydrogens (tertiary/aromatic N) is 2. The van der Waals surface area contributed by atoms with Crippen LogP contribution in [0.2, 0.25) is 0 Å². The number of Topliss-reactive ketones (excluding diaryl/α,β-unsaturated/α-hetero) is 1. The van der Waals surface area contributed by atoms with E-state index in [0.29, 0.717) is 23.5 Å². The van der Waals surface area contributed by atoms with Gasteiger partial charge in [0.2, 0.25) is 0 Å². The molecule has 1 aliphatic rings. The lowest BCUT2D eigenvalue weighted by Crippen LogP contribution is -2.28. The second-order valence-electron chi connectivity index (χ2n) is 5.71. The summed E-state index contributed by atoms with van der Waals surface area (Å²) in [6.45, 7) is 3.60. The predicted molar refractivity (Wildman–Crippen MR) is 94.0 cm³/mol. The number of amides is 1. The first-order valence-electron chi connectivity index (χ1n) is 8.11. The Kier molecular flexibility index (Phi) is 4.62. The van der Waals surface area contributed by atoms with Crippen molar-refractivity contribution in [2.24, 2.45) is 0 Å². The highest BCUT2D eigenvalue weighted by molar-refractivity contribution is 6.53. The quantitative estimate of drug-likeness (QED) is 0.830. The van der Waals surface area contributed by atoms with E-state index in [9.17, 15) is 14.7 Å². The van der Waals surface area contributed by atoms with Crippen molar-refractivity contribution in [3.8, 4) is 0 Å². The molecule has 0 aromatic heterocycles. The number of rotatable bonds is 6. The molecule has 0 bridgehead atoms. The molecule has 0 unspecified atom stereocenters. The molecule has 0 aliphatic carbocycles. The van der Waals surface area contributed by atoms with Crippen molar-refractivity contribution in [3.63, 3.8) is 0 Å². The van der Waals surface area contributed by atoms with Gasteiger partial charge in [0.15, 0.2) is 0 Å². The number of aliphatic hydroxyl groups is 1. The van der Waals surface area contributed by atoms with Gasteiger partial charge >= 0.3 is 5.91 Å². The van der Waals surface area contributed by atoms with Crippen LogP contribution >= 0.6 is 0 Å². The number of para-hydroxylation sites is 1. The minimum Gasteiger partial charge on any atom is -0.395 e. The zero-order chi connectivity index (χ0) is 17.1. The van der Waals surface area contributed by atoms with E-state index in [4.69, 9.17) is 0 Å². The monoisotopic (exact) mass is 324 g/mol. The summed E-state index contributed by atoms with van der Waals surface area (Å²) in [7, 11) is 0. The van der Waals surface area contributed by atoms with E-state index in [0.717, 1.165) is 18.7 Å². The minimum atomic E-state index is -0.523. The summed E-state index contributed by atoms with van der Waals surface area (Å²) in [6.07, 6.45) is 0.980. The van der Waals surface area contributed by atoms with E-state index in [1.165, 1.54) is 4.90 Å². The van der Waals surface area contributed by atoms with Crippen LogP contribution in [0.25, 0.3) is 0 Å². The molecule has 0 saturated heterocycles. The molecule has 0 atom stereocenters. The van der Waals surface area contributed by atoms with Gasteiger partial charge in [0.1, 0.15) is 0 Å². The maximum absolute atomic E-state index is 12.3. The molecule has 2 aromatic carbocycles. The van der Waals surface area contributed by atoms with Crippen molar-refractivity contribution >= 4 is 28.8 Å². The second-order valence-corrected chi connectivity index (χ2v) is 5.71. The van der Waals surface area contributed by atoms with Gasteiger partial charge in [-0.05, 0) is 42.8 Å². The van der Waals surface area contributed by atoms with E-state index in [2.05, 4.69) is 11.8 Å². The molecule has 3 rings (SSSR count). The highest BCUT2D eigenvalue weighted by Crippen LogP contribution is 2.35. The predicted octanol–water partition coefficient (Wildman–Crippen LogP) is 2.76. The molecule has 0 saturated carbocycles. The van der Waals surface area contributed by atoms with E-state index in [-0.39, 0.29) is 6.61 Å². The molecule has 124 valence electrons. The van der Waals surface area contributed by atoms with Crippen molar-refractivity contribution in [2.75, 3.05) is 29.5 Å². The van der Waals surface area contributed by atoms with E-state index < -0.39 is 11.7 Å². The molecule has 0 fully saturated rings. The largest absolute Gasteiger partial charge is 0.395 e. The molecule has 2 aromatic rings. The number of anilines is 3. The summed E-state index contributed by atoms with van der Waals surface area (Å²) in [4.78, 5) is 28.0. The first-order valence-corrected chi connectivity index (χ1v) is 8.11. The first kappa shape index (κ1) is 16.2. The van der Waals surface area contributed by atoms with Crippen molar-refractivity contribution in [1.82, 2.24) is 0 Å². The van der Waals surface area contributed by atoms with Gasteiger partial charge < -0.3 is 10.0 Å². The Morgan fingerprint density at radius 3 is 2.38 bits per heavy atom. The lowest BCUT2D eigenvalue weighted by molar-refractivity contribution is -0.113. The number of benzene rings is 2. The van der Waals surface area contributed by atoms with Crippen LogP contribution in [0.5, 0.6) is 0 Å². The average molecular weight is 324 g/mol. The summed E-state index contributed by atoms with van der Waals surface area (Å²) in [6, 6.07) is 14.5. The van der Waals surface area contributed by atoms with Crippen LogP contribution in [0.4, 0.5) is 17.1 Å². The Labute approximate surface area is 141 Å².